The van der Waals surface area contributed by atoms with Crippen LogP contribution in [-0.2, 0) is 0 Å². The largest absolute Gasteiger partial charge is 0.494 e. The molecule has 0 aliphatic heterocycles. The van der Waals surface area contributed by atoms with Gasteiger partial charge in [0.15, 0.2) is 5.78 Å². The second kappa shape index (κ2) is 7.60. The number of carbonyl (C=O) groups is 1. The van der Waals surface area contributed by atoms with E-state index in [0.29, 0.717) is 25.1 Å². The lowest BCUT2D eigenvalue weighted by Crippen LogP contribution is -2.33. The van der Waals surface area contributed by atoms with E-state index in [-0.39, 0.29) is 5.78 Å². The number of rotatable bonds is 9. The molecular formula is C18H27NO2. The molecule has 1 aliphatic carbocycles. The molecule has 0 unspecified atom stereocenters. The van der Waals surface area contributed by atoms with Crippen LogP contribution in [0.4, 0.5) is 0 Å². The summed E-state index contributed by atoms with van der Waals surface area (Å²) in [5, 5.41) is 0. The van der Waals surface area contributed by atoms with Gasteiger partial charge in [0, 0.05) is 11.6 Å². The van der Waals surface area contributed by atoms with E-state index in [2.05, 4.69) is 18.7 Å². The Morgan fingerprint density at radius 1 is 1.29 bits per heavy atom. The molecule has 1 saturated carbocycles. The number of ether oxygens (including phenoxy) is 1. The third-order valence-electron chi connectivity index (χ3n) is 3.89. The van der Waals surface area contributed by atoms with Crippen molar-refractivity contribution in [3.05, 3.63) is 29.8 Å². The zero-order chi connectivity index (χ0) is 15.2. The van der Waals surface area contributed by atoms with Crippen LogP contribution in [0, 0.1) is 5.92 Å². The van der Waals surface area contributed by atoms with Crippen molar-refractivity contribution in [2.75, 3.05) is 19.7 Å². The molecule has 21 heavy (non-hydrogen) atoms. The second-order valence-electron chi connectivity index (χ2n) is 6.26. The number of hydrogen-bond donors (Lipinski definition) is 0. The first-order valence-corrected chi connectivity index (χ1v) is 8.10. The monoisotopic (exact) mass is 289 g/mol. The fourth-order valence-electron chi connectivity index (χ4n) is 2.43. The average molecular weight is 289 g/mol. The Balaban J connectivity index is 1.91. The molecule has 0 aromatic heterocycles. The third kappa shape index (κ3) is 5.16. The van der Waals surface area contributed by atoms with Crippen molar-refractivity contribution < 1.29 is 9.53 Å². The summed E-state index contributed by atoms with van der Waals surface area (Å²) < 4.78 is 5.41. The molecule has 1 aliphatic rings. The molecule has 1 aromatic rings. The minimum atomic E-state index is 0.216. The molecule has 0 spiro atoms. The van der Waals surface area contributed by atoms with Gasteiger partial charge in [-0.3, -0.25) is 9.69 Å². The van der Waals surface area contributed by atoms with E-state index in [1.807, 2.05) is 31.2 Å². The zero-order valence-electron chi connectivity index (χ0n) is 13.5. The average Bonchev–Trinajstić information content (AvgIpc) is 3.28. The van der Waals surface area contributed by atoms with Crippen LogP contribution in [0.3, 0.4) is 0 Å². The quantitative estimate of drug-likeness (QED) is 0.648. The molecule has 0 amide bonds. The highest BCUT2D eigenvalue weighted by Crippen LogP contribution is 2.27. The van der Waals surface area contributed by atoms with Crippen LogP contribution in [0.5, 0.6) is 5.75 Å². The molecule has 3 nitrogen and oxygen atoms in total. The van der Waals surface area contributed by atoms with E-state index in [0.717, 1.165) is 24.3 Å². The SMILES string of the molecule is CCOc1ccc(C(=O)CN(CCC(C)C)C2CC2)cc1. The van der Waals surface area contributed by atoms with E-state index in [1.165, 1.54) is 12.8 Å². The molecule has 0 N–H and O–H groups in total. The lowest BCUT2D eigenvalue weighted by atomic mass is 10.1. The minimum absolute atomic E-state index is 0.216. The first-order valence-electron chi connectivity index (χ1n) is 8.10. The Bertz CT molecular complexity index is 449. The standard InChI is InChI=1S/C18H27NO2/c1-4-21-17-9-5-15(6-10-17)18(20)13-19(16-7-8-16)12-11-14(2)3/h5-6,9-10,14,16H,4,7-8,11-13H2,1-3H3. The van der Waals surface area contributed by atoms with Gasteiger partial charge < -0.3 is 4.74 Å². The molecule has 0 radical (unpaired) electrons. The van der Waals surface area contributed by atoms with Crippen molar-refractivity contribution in [3.8, 4) is 5.75 Å². The second-order valence-corrected chi connectivity index (χ2v) is 6.26. The van der Waals surface area contributed by atoms with Gasteiger partial charge in [-0.1, -0.05) is 13.8 Å². The number of hydrogen-bond acceptors (Lipinski definition) is 3. The lowest BCUT2D eigenvalue weighted by molar-refractivity contribution is 0.0920. The van der Waals surface area contributed by atoms with Crippen LogP contribution in [0.1, 0.15) is 50.4 Å². The predicted molar refractivity (Wildman–Crippen MR) is 86.0 cm³/mol. The van der Waals surface area contributed by atoms with Crippen LogP contribution in [0.2, 0.25) is 0 Å². The Morgan fingerprint density at radius 3 is 2.48 bits per heavy atom. The summed E-state index contributed by atoms with van der Waals surface area (Å²) in [6, 6.07) is 8.15. The summed E-state index contributed by atoms with van der Waals surface area (Å²) >= 11 is 0. The van der Waals surface area contributed by atoms with Crippen molar-refractivity contribution in [1.82, 2.24) is 4.90 Å². The summed E-state index contributed by atoms with van der Waals surface area (Å²) in [5.41, 5.74) is 0.786. The third-order valence-corrected chi connectivity index (χ3v) is 3.89. The highest BCUT2D eigenvalue weighted by molar-refractivity contribution is 5.97. The summed E-state index contributed by atoms with van der Waals surface area (Å²) in [6.45, 7) is 8.66. The van der Waals surface area contributed by atoms with E-state index in [4.69, 9.17) is 4.74 Å². The Kier molecular flexibility index (Phi) is 5.80. The Labute approximate surface area is 128 Å². The van der Waals surface area contributed by atoms with Crippen LogP contribution < -0.4 is 4.74 Å². The van der Waals surface area contributed by atoms with Gasteiger partial charge in [0.25, 0.3) is 0 Å². The van der Waals surface area contributed by atoms with Gasteiger partial charge in [-0.25, -0.2) is 0 Å². The van der Waals surface area contributed by atoms with Gasteiger partial charge >= 0.3 is 0 Å². The maximum Gasteiger partial charge on any atom is 0.176 e. The van der Waals surface area contributed by atoms with Gasteiger partial charge in [0.1, 0.15) is 5.75 Å². The smallest absolute Gasteiger partial charge is 0.176 e. The van der Waals surface area contributed by atoms with Crippen LogP contribution in [-0.4, -0.2) is 36.4 Å². The summed E-state index contributed by atoms with van der Waals surface area (Å²) in [4.78, 5) is 14.8. The highest BCUT2D eigenvalue weighted by atomic mass is 16.5. The van der Waals surface area contributed by atoms with E-state index < -0.39 is 0 Å². The molecule has 0 atom stereocenters. The van der Waals surface area contributed by atoms with Crippen LogP contribution in [0.15, 0.2) is 24.3 Å². The Morgan fingerprint density at radius 2 is 1.95 bits per heavy atom. The van der Waals surface area contributed by atoms with Crippen molar-refractivity contribution >= 4 is 5.78 Å². The number of nitrogens with zero attached hydrogens (tertiary/aromatic N) is 1. The van der Waals surface area contributed by atoms with Crippen LogP contribution in [0.25, 0.3) is 0 Å². The lowest BCUT2D eigenvalue weighted by Gasteiger charge is -2.22. The van der Waals surface area contributed by atoms with Crippen molar-refractivity contribution in [3.63, 3.8) is 0 Å². The van der Waals surface area contributed by atoms with Crippen molar-refractivity contribution in [2.24, 2.45) is 5.92 Å². The molecule has 0 heterocycles. The first kappa shape index (κ1) is 16.0. The first-order chi connectivity index (χ1) is 10.1. The van der Waals surface area contributed by atoms with Crippen LogP contribution >= 0.6 is 0 Å². The number of ketones is 1. The van der Waals surface area contributed by atoms with E-state index >= 15 is 0 Å². The number of carbonyl (C=O) groups excluding carboxylic acids is 1. The topological polar surface area (TPSA) is 29.5 Å². The summed E-state index contributed by atoms with van der Waals surface area (Å²) in [7, 11) is 0. The van der Waals surface area contributed by atoms with Gasteiger partial charge in [-0.2, -0.15) is 0 Å². The van der Waals surface area contributed by atoms with Gasteiger partial charge in [0.2, 0.25) is 0 Å². The van der Waals surface area contributed by atoms with E-state index in [1.54, 1.807) is 0 Å². The molecule has 0 bridgehead atoms. The highest BCUT2D eigenvalue weighted by Gasteiger charge is 2.30. The van der Waals surface area contributed by atoms with Crippen molar-refractivity contribution in [2.45, 2.75) is 46.1 Å². The molecule has 116 valence electrons. The molecule has 3 heteroatoms. The van der Waals surface area contributed by atoms with Crippen molar-refractivity contribution in [1.29, 1.82) is 0 Å². The molecule has 1 fully saturated rings. The fourth-order valence-corrected chi connectivity index (χ4v) is 2.43. The van der Waals surface area contributed by atoms with Gasteiger partial charge in [0.05, 0.1) is 13.2 Å². The van der Waals surface area contributed by atoms with Gasteiger partial charge in [-0.05, 0) is 62.9 Å². The summed E-state index contributed by atoms with van der Waals surface area (Å²) in [5.74, 6) is 1.73. The Hall–Kier alpha value is -1.35. The minimum Gasteiger partial charge on any atom is -0.494 e. The number of Topliss-reactive ketones (excluding diaryl/α,β-unsaturated/α-hetero) is 1. The fraction of sp³-hybridized carbons (Fsp3) is 0.611. The van der Waals surface area contributed by atoms with E-state index in [9.17, 15) is 4.79 Å². The molecular weight excluding hydrogens is 262 g/mol. The maximum absolute atomic E-state index is 12.4. The normalized spacial score (nSPS) is 14.7. The molecule has 2 rings (SSSR count). The molecule has 0 saturated heterocycles. The number of benzene rings is 1. The predicted octanol–water partition coefficient (Wildman–Crippen LogP) is 3.78. The zero-order valence-corrected chi connectivity index (χ0v) is 13.5. The molecule has 1 aromatic carbocycles. The summed E-state index contributed by atoms with van der Waals surface area (Å²) in [6.07, 6.45) is 3.65. The maximum atomic E-state index is 12.4. The van der Waals surface area contributed by atoms with Gasteiger partial charge in [-0.15, -0.1) is 0 Å².